The van der Waals surface area contributed by atoms with E-state index >= 15 is 0 Å². The number of aliphatic hydroxyl groups excluding tert-OH is 1. The first kappa shape index (κ1) is 27.4. The lowest BCUT2D eigenvalue weighted by Crippen LogP contribution is -2.48. The molecule has 1 fully saturated rings. The first-order chi connectivity index (χ1) is 15.3. The van der Waals surface area contributed by atoms with Crippen molar-refractivity contribution >= 4 is 21.4 Å². The van der Waals surface area contributed by atoms with Crippen LogP contribution in [0.3, 0.4) is 0 Å². The van der Waals surface area contributed by atoms with E-state index in [1.807, 2.05) is 0 Å². The molecule has 1 saturated heterocycles. The molecule has 1 aliphatic rings. The molecule has 0 aromatic heterocycles. The summed E-state index contributed by atoms with van der Waals surface area (Å²) in [4.78, 5) is 12.9. The van der Waals surface area contributed by atoms with Crippen LogP contribution in [0.2, 0.25) is 0 Å². The number of ether oxygens (including phenoxy) is 3. The van der Waals surface area contributed by atoms with Crippen LogP contribution in [0.4, 0.5) is 11.4 Å². The van der Waals surface area contributed by atoms with Crippen LogP contribution < -0.4 is 4.90 Å². The predicted molar refractivity (Wildman–Crippen MR) is 123 cm³/mol. The normalized spacial score (nSPS) is 21.1. The molecule has 2 rings (SSSR count). The van der Waals surface area contributed by atoms with Crippen LogP contribution in [0.25, 0.3) is 0 Å². The first-order valence-corrected chi connectivity index (χ1v) is 12.2. The number of nitro benzene ring substituents is 1. The third kappa shape index (κ3) is 6.40. The molecule has 33 heavy (non-hydrogen) atoms. The van der Waals surface area contributed by atoms with Gasteiger partial charge < -0.3 is 24.2 Å². The predicted octanol–water partition coefficient (Wildman–Crippen LogP) is 1.90. The lowest BCUT2D eigenvalue weighted by molar-refractivity contribution is -0.384. The Morgan fingerprint density at radius 2 is 1.88 bits per heavy atom. The molecule has 0 saturated carbocycles. The van der Waals surface area contributed by atoms with Crippen molar-refractivity contribution < 1.29 is 32.7 Å². The number of rotatable bonds is 10. The highest BCUT2D eigenvalue weighted by atomic mass is 32.2. The second-order valence-corrected chi connectivity index (χ2v) is 10.6. The minimum absolute atomic E-state index is 0.0358. The van der Waals surface area contributed by atoms with Crippen LogP contribution in [0.15, 0.2) is 17.0 Å². The number of methoxy groups -OCH3 is 1. The van der Waals surface area contributed by atoms with Gasteiger partial charge >= 0.3 is 0 Å². The van der Waals surface area contributed by atoms with Gasteiger partial charge in [0, 0.05) is 39.9 Å². The SMILES string of the molecule is COCCCCN(C)c1ccc(S(=O)(=O)N(C)[C@@H]2COC(C)(C)OC[C@H]2O)c(C)c1[N+](=O)[O-]. The van der Waals surface area contributed by atoms with E-state index in [0.717, 1.165) is 17.1 Å². The van der Waals surface area contributed by atoms with Crippen LogP contribution in [0.1, 0.15) is 32.3 Å². The lowest BCUT2D eigenvalue weighted by Gasteiger charge is -2.30. The van der Waals surface area contributed by atoms with Gasteiger partial charge in [0.25, 0.3) is 5.69 Å². The van der Waals surface area contributed by atoms with Gasteiger partial charge in [0.05, 0.1) is 35.2 Å². The summed E-state index contributed by atoms with van der Waals surface area (Å²) in [5.74, 6) is -0.968. The smallest absolute Gasteiger partial charge is 0.296 e. The Morgan fingerprint density at radius 3 is 2.48 bits per heavy atom. The summed E-state index contributed by atoms with van der Waals surface area (Å²) in [5.41, 5.74) is 0.110. The Hall–Kier alpha value is -1.83. The highest BCUT2D eigenvalue weighted by Crippen LogP contribution is 2.36. The summed E-state index contributed by atoms with van der Waals surface area (Å²) in [6.07, 6.45) is 0.442. The summed E-state index contributed by atoms with van der Waals surface area (Å²) in [5, 5.41) is 22.4. The second-order valence-electron chi connectivity index (χ2n) is 8.61. The van der Waals surface area contributed by atoms with Gasteiger partial charge in [0.2, 0.25) is 10.0 Å². The first-order valence-electron chi connectivity index (χ1n) is 10.8. The fraction of sp³-hybridized carbons (Fsp3) is 0.714. The zero-order valence-electron chi connectivity index (χ0n) is 20.1. The standard InChI is InChI=1S/C21H35N3O8S/c1-15-19(10-9-16(20(15)24(26)27)22(4)11-7-8-12-30-6)33(28,29)23(5)17-13-31-21(2,3)32-14-18(17)25/h9-10,17-18,25H,7-8,11-14H2,1-6H3/t17-,18-/m1/s1. The summed E-state index contributed by atoms with van der Waals surface area (Å²) < 4.78 is 44.0. The molecule has 1 aromatic carbocycles. The maximum Gasteiger partial charge on any atom is 0.296 e. The molecule has 0 amide bonds. The van der Waals surface area contributed by atoms with E-state index < -0.39 is 32.9 Å². The Labute approximate surface area is 195 Å². The number of nitro groups is 1. The third-order valence-corrected chi connectivity index (χ3v) is 7.84. The van der Waals surface area contributed by atoms with Gasteiger partial charge in [-0.05, 0) is 45.7 Å². The highest BCUT2D eigenvalue weighted by Gasteiger charge is 2.40. The number of anilines is 1. The molecule has 0 radical (unpaired) electrons. The Balaban J connectivity index is 2.38. The van der Waals surface area contributed by atoms with Crippen LogP contribution in [-0.4, -0.2) is 88.3 Å². The van der Waals surface area contributed by atoms with Crippen molar-refractivity contribution in [3.05, 3.63) is 27.8 Å². The Kier molecular flexibility index (Phi) is 9.19. The van der Waals surface area contributed by atoms with E-state index in [9.17, 15) is 23.6 Å². The average molecular weight is 490 g/mol. The molecule has 1 heterocycles. The molecule has 188 valence electrons. The molecular weight excluding hydrogens is 454 g/mol. The minimum Gasteiger partial charge on any atom is -0.389 e. The molecule has 2 atom stereocenters. The second kappa shape index (κ2) is 11.1. The summed E-state index contributed by atoms with van der Waals surface area (Å²) in [7, 11) is 0.491. The van der Waals surface area contributed by atoms with Gasteiger partial charge in [-0.1, -0.05) is 0 Å². The number of likely N-dealkylation sites (N-methyl/N-ethyl adjacent to an activating group) is 1. The highest BCUT2D eigenvalue weighted by molar-refractivity contribution is 7.89. The van der Waals surface area contributed by atoms with Crippen molar-refractivity contribution in [3.8, 4) is 0 Å². The number of unbranched alkanes of at least 4 members (excludes halogenated alkanes) is 1. The van der Waals surface area contributed by atoms with Crippen LogP contribution in [0.5, 0.6) is 0 Å². The summed E-state index contributed by atoms with van der Waals surface area (Å²) >= 11 is 0. The van der Waals surface area contributed by atoms with E-state index in [0.29, 0.717) is 18.8 Å². The van der Waals surface area contributed by atoms with Crippen molar-refractivity contribution in [1.29, 1.82) is 0 Å². The number of hydrogen-bond acceptors (Lipinski definition) is 9. The van der Waals surface area contributed by atoms with Crippen molar-refractivity contribution in [2.24, 2.45) is 0 Å². The van der Waals surface area contributed by atoms with Crippen molar-refractivity contribution in [1.82, 2.24) is 4.31 Å². The van der Waals surface area contributed by atoms with E-state index in [1.165, 1.54) is 26.1 Å². The fourth-order valence-electron chi connectivity index (χ4n) is 3.72. The molecule has 1 aliphatic heterocycles. The minimum atomic E-state index is -4.18. The zero-order chi connectivity index (χ0) is 25.0. The van der Waals surface area contributed by atoms with E-state index in [2.05, 4.69) is 0 Å². The molecule has 1 N–H and O–H groups in total. The Bertz CT molecular complexity index is 938. The van der Waals surface area contributed by atoms with Gasteiger partial charge in [-0.3, -0.25) is 10.1 Å². The number of sulfonamides is 1. The Morgan fingerprint density at radius 1 is 1.24 bits per heavy atom. The quantitative estimate of drug-likeness (QED) is 0.297. The molecule has 0 bridgehead atoms. The fourth-order valence-corrected chi connectivity index (χ4v) is 5.31. The largest absolute Gasteiger partial charge is 0.389 e. The van der Waals surface area contributed by atoms with Crippen molar-refractivity contribution in [3.63, 3.8) is 0 Å². The van der Waals surface area contributed by atoms with Gasteiger partial charge in [0.15, 0.2) is 5.79 Å². The van der Waals surface area contributed by atoms with Crippen LogP contribution in [0, 0.1) is 17.0 Å². The maximum absolute atomic E-state index is 13.4. The van der Waals surface area contributed by atoms with E-state index in [-0.39, 0.29) is 29.4 Å². The topological polar surface area (TPSA) is 132 Å². The maximum atomic E-state index is 13.4. The monoisotopic (exact) mass is 489 g/mol. The van der Waals surface area contributed by atoms with Gasteiger partial charge in [-0.15, -0.1) is 0 Å². The lowest BCUT2D eigenvalue weighted by atomic mass is 10.1. The van der Waals surface area contributed by atoms with E-state index in [4.69, 9.17) is 14.2 Å². The van der Waals surface area contributed by atoms with Crippen molar-refractivity contribution in [2.45, 2.75) is 56.4 Å². The summed E-state index contributed by atoms with van der Waals surface area (Å²) in [6.45, 7) is 5.72. The number of benzene rings is 1. The molecule has 11 nitrogen and oxygen atoms in total. The molecular formula is C21H35N3O8S. The molecule has 0 unspecified atom stereocenters. The van der Waals surface area contributed by atoms with Crippen molar-refractivity contribution in [2.75, 3.05) is 52.5 Å². The van der Waals surface area contributed by atoms with Gasteiger partial charge in [-0.25, -0.2) is 8.42 Å². The van der Waals surface area contributed by atoms with Crippen LogP contribution >= 0.6 is 0 Å². The number of nitrogens with zero attached hydrogens (tertiary/aromatic N) is 3. The van der Waals surface area contributed by atoms with Crippen LogP contribution in [-0.2, 0) is 24.2 Å². The molecule has 0 spiro atoms. The number of aliphatic hydroxyl groups is 1. The van der Waals surface area contributed by atoms with E-state index in [1.54, 1.807) is 32.9 Å². The summed E-state index contributed by atoms with van der Waals surface area (Å²) in [6, 6.07) is 1.91. The van der Waals surface area contributed by atoms with Gasteiger partial charge in [-0.2, -0.15) is 4.31 Å². The zero-order valence-corrected chi connectivity index (χ0v) is 20.9. The number of hydrogen-bond donors (Lipinski definition) is 1. The molecule has 12 heteroatoms. The molecule has 0 aliphatic carbocycles. The molecule has 1 aromatic rings. The average Bonchev–Trinajstić information content (AvgIpc) is 2.87. The van der Waals surface area contributed by atoms with Gasteiger partial charge in [0.1, 0.15) is 5.69 Å². The third-order valence-electron chi connectivity index (χ3n) is 5.82.